The maximum absolute atomic E-state index is 12.4. The zero-order valence-corrected chi connectivity index (χ0v) is 13.5. The largest absolute Gasteiger partial charge is 0.481 e. The third kappa shape index (κ3) is 2.93. The summed E-state index contributed by atoms with van der Waals surface area (Å²) >= 11 is 0. The van der Waals surface area contributed by atoms with Gasteiger partial charge in [-0.15, -0.1) is 0 Å². The van der Waals surface area contributed by atoms with E-state index in [4.69, 9.17) is 5.73 Å². The van der Waals surface area contributed by atoms with E-state index < -0.39 is 11.5 Å². The summed E-state index contributed by atoms with van der Waals surface area (Å²) in [6.45, 7) is 7.80. The first kappa shape index (κ1) is 16.3. The van der Waals surface area contributed by atoms with Crippen LogP contribution in [0, 0.1) is 23.2 Å². The van der Waals surface area contributed by atoms with Crippen molar-refractivity contribution in [2.24, 2.45) is 28.9 Å². The van der Waals surface area contributed by atoms with Crippen LogP contribution in [0.2, 0.25) is 0 Å². The third-order valence-electron chi connectivity index (χ3n) is 5.97. The molecule has 5 heteroatoms. The molecule has 2 rings (SSSR count). The van der Waals surface area contributed by atoms with E-state index in [-0.39, 0.29) is 35.1 Å². The lowest BCUT2D eigenvalue weighted by Gasteiger charge is -2.46. The van der Waals surface area contributed by atoms with Crippen LogP contribution in [-0.2, 0) is 9.59 Å². The maximum Gasteiger partial charge on any atom is 0.307 e. The molecule has 0 aromatic carbocycles. The number of carbonyl (C=O) groups excluding carboxylic acids is 1. The monoisotopic (exact) mass is 296 g/mol. The minimum atomic E-state index is -0.798. The van der Waals surface area contributed by atoms with Crippen LogP contribution in [0.15, 0.2) is 0 Å². The number of amides is 1. The Balaban J connectivity index is 2.05. The van der Waals surface area contributed by atoms with Gasteiger partial charge < -0.3 is 16.2 Å². The molecule has 0 aromatic heterocycles. The molecular formula is C16H28N2O3. The molecule has 2 saturated carbocycles. The van der Waals surface area contributed by atoms with Gasteiger partial charge in [0.2, 0.25) is 5.91 Å². The summed E-state index contributed by atoms with van der Waals surface area (Å²) in [6.07, 6.45) is 3.34. The lowest BCUT2D eigenvalue weighted by atomic mass is 9.61. The smallest absolute Gasteiger partial charge is 0.307 e. The molecule has 5 nitrogen and oxygen atoms in total. The third-order valence-corrected chi connectivity index (χ3v) is 5.97. The number of nitrogens with one attached hydrogen (secondary N) is 1. The Morgan fingerprint density at radius 3 is 2.29 bits per heavy atom. The molecule has 0 saturated heterocycles. The molecule has 0 heterocycles. The summed E-state index contributed by atoms with van der Waals surface area (Å²) in [5.41, 5.74) is 5.03. The van der Waals surface area contributed by atoms with Crippen LogP contribution in [0.4, 0.5) is 0 Å². The van der Waals surface area contributed by atoms with Gasteiger partial charge in [-0.2, -0.15) is 0 Å². The fourth-order valence-corrected chi connectivity index (χ4v) is 3.64. The second kappa shape index (κ2) is 5.27. The number of hydrogen-bond donors (Lipinski definition) is 3. The standard InChI is InChI=1S/C16H28N2O3/c1-9-12(8-7-11(13(19)20)15(9,2)3)18-14(21)16(4,17)10-5-6-10/h9-12H,5-8,17H2,1-4H3,(H,18,21)(H,19,20). The van der Waals surface area contributed by atoms with Crippen molar-refractivity contribution < 1.29 is 14.7 Å². The van der Waals surface area contributed by atoms with Crippen LogP contribution in [0.1, 0.15) is 53.4 Å². The van der Waals surface area contributed by atoms with Gasteiger partial charge in [-0.25, -0.2) is 0 Å². The zero-order valence-electron chi connectivity index (χ0n) is 13.5. The number of carboxylic acids is 1. The molecule has 2 aliphatic rings. The summed E-state index contributed by atoms with van der Waals surface area (Å²) in [7, 11) is 0. The lowest BCUT2D eigenvalue weighted by molar-refractivity contribution is -0.150. The van der Waals surface area contributed by atoms with Gasteiger partial charge in [0.15, 0.2) is 0 Å². The van der Waals surface area contributed by atoms with E-state index in [2.05, 4.69) is 5.32 Å². The Kier molecular flexibility index (Phi) is 4.08. The van der Waals surface area contributed by atoms with Gasteiger partial charge in [0.1, 0.15) is 0 Å². The molecule has 120 valence electrons. The topological polar surface area (TPSA) is 92.4 Å². The van der Waals surface area contributed by atoms with Crippen molar-refractivity contribution in [3.8, 4) is 0 Å². The molecule has 21 heavy (non-hydrogen) atoms. The highest BCUT2D eigenvalue weighted by molar-refractivity contribution is 5.86. The molecule has 4 unspecified atom stereocenters. The first-order valence-electron chi connectivity index (χ1n) is 7.91. The van der Waals surface area contributed by atoms with Crippen LogP contribution in [0.5, 0.6) is 0 Å². The van der Waals surface area contributed by atoms with Crippen LogP contribution >= 0.6 is 0 Å². The predicted molar refractivity (Wildman–Crippen MR) is 80.6 cm³/mol. The zero-order chi connectivity index (χ0) is 16.0. The van der Waals surface area contributed by atoms with Gasteiger partial charge in [-0.05, 0) is 49.9 Å². The van der Waals surface area contributed by atoms with E-state index in [1.54, 1.807) is 6.92 Å². The summed E-state index contributed by atoms with van der Waals surface area (Å²) in [6, 6.07) is 0.00438. The molecule has 2 fully saturated rings. The molecule has 0 spiro atoms. The first-order valence-corrected chi connectivity index (χ1v) is 7.91. The van der Waals surface area contributed by atoms with Crippen molar-refractivity contribution >= 4 is 11.9 Å². The molecule has 2 aliphatic carbocycles. The van der Waals surface area contributed by atoms with Crippen molar-refractivity contribution in [2.75, 3.05) is 0 Å². The number of aliphatic carboxylic acids is 1. The predicted octanol–water partition coefficient (Wildman–Crippen LogP) is 1.76. The highest BCUT2D eigenvalue weighted by Crippen LogP contribution is 2.45. The number of nitrogens with two attached hydrogens (primary N) is 1. The van der Waals surface area contributed by atoms with E-state index in [0.717, 1.165) is 12.8 Å². The average Bonchev–Trinajstić information content (AvgIpc) is 3.18. The summed E-state index contributed by atoms with van der Waals surface area (Å²) in [4.78, 5) is 23.8. The van der Waals surface area contributed by atoms with Crippen molar-refractivity contribution in [3.05, 3.63) is 0 Å². The van der Waals surface area contributed by atoms with Crippen LogP contribution in [-0.4, -0.2) is 28.6 Å². The van der Waals surface area contributed by atoms with E-state index in [9.17, 15) is 14.7 Å². The van der Waals surface area contributed by atoms with Gasteiger partial charge in [0.25, 0.3) is 0 Å². The summed E-state index contributed by atoms with van der Waals surface area (Å²) in [5.74, 6) is -0.791. The molecule has 0 aromatic rings. The summed E-state index contributed by atoms with van der Waals surface area (Å²) < 4.78 is 0. The Morgan fingerprint density at radius 2 is 1.81 bits per heavy atom. The first-order chi connectivity index (χ1) is 9.58. The van der Waals surface area contributed by atoms with E-state index in [1.807, 2.05) is 20.8 Å². The highest BCUT2D eigenvalue weighted by Gasteiger charge is 2.49. The van der Waals surface area contributed by atoms with Crippen LogP contribution < -0.4 is 11.1 Å². The normalized spacial score (nSPS) is 34.8. The second-order valence-electron chi connectivity index (χ2n) is 7.72. The van der Waals surface area contributed by atoms with Crippen LogP contribution in [0.3, 0.4) is 0 Å². The molecule has 0 radical (unpaired) electrons. The highest BCUT2D eigenvalue weighted by atomic mass is 16.4. The number of carbonyl (C=O) groups is 2. The van der Waals surface area contributed by atoms with Gasteiger partial charge in [-0.1, -0.05) is 20.8 Å². The lowest BCUT2D eigenvalue weighted by Crippen LogP contribution is -2.59. The minimum absolute atomic E-state index is 0.00438. The number of hydrogen-bond acceptors (Lipinski definition) is 3. The molecule has 1 amide bonds. The fraction of sp³-hybridized carbons (Fsp3) is 0.875. The second-order valence-corrected chi connectivity index (χ2v) is 7.72. The molecule has 0 aliphatic heterocycles. The Morgan fingerprint density at radius 1 is 1.24 bits per heavy atom. The summed E-state index contributed by atoms with van der Waals surface area (Å²) in [5, 5.41) is 12.5. The molecule has 0 bridgehead atoms. The fourth-order valence-electron chi connectivity index (χ4n) is 3.64. The van der Waals surface area contributed by atoms with E-state index >= 15 is 0 Å². The Bertz CT molecular complexity index is 441. The Hall–Kier alpha value is -1.10. The van der Waals surface area contributed by atoms with Gasteiger partial charge >= 0.3 is 5.97 Å². The van der Waals surface area contributed by atoms with Crippen LogP contribution in [0.25, 0.3) is 0 Å². The Labute approximate surface area is 126 Å². The number of rotatable bonds is 4. The SMILES string of the molecule is CC1C(NC(=O)C(C)(N)C2CC2)CCC(C(=O)O)C1(C)C. The van der Waals surface area contributed by atoms with Gasteiger partial charge in [0, 0.05) is 6.04 Å². The van der Waals surface area contributed by atoms with Crippen molar-refractivity contribution in [2.45, 2.75) is 65.0 Å². The minimum Gasteiger partial charge on any atom is -0.481 e. The van der Waals surface area contributed by atoms with Gasteiger partial charge in [0.05, 0.1) is 11.5 Å². The van der Waals surface area contributed by atoms with Crippen molar-refractivity contribution in [1.82, 2.24) is 5.32 Å². The van der Waals surface area contributed by atoms with E-state index in [0.29, 0.717) is 12.8 Å². The maximum atomic E-state index is 12.4. The van der Waals surface area contributed by atoms with Crippen molar-refractivity contribution in [3.63, 3.8) is 0 Å². The number of carboxylic acid groups (broad SMARTS) is 1. The quantitative estimate of drug-likeness (QED) is 0.737. The van der Waals surface area contributed by atoms with E-state index in [1.165, 1.54) is 0 Å². The molecular weight excluding hydrogens is 268 g/mol. The average molecular weight is 296 g/mol. The molecule has 4 N–H and O–H groups in total. The van der Waals surface area contributed by atoms with Gasteiger partial charge in [-0.3, -0.25) is 9.59 Å². The van der Waals surface area contributed by atoms with Crippen molar-refractivity contribution in [1.29, 1.82) is 0 Å². The molecule has 4 atom stereocenters.